The molecule has 0 saturated carbocycles. The van der Waals surface area contributed by atoms with E-state index in [1.54, 1.807) is 7.11 Å². The van der Waals surface area contributed by atoms with E-state index in [2.05, 4.69) is 23.7 Å². The maximum absolute atomic E-state index is 5.56. The van der Waals surface area contributed by atoms with Crippen molar-refractivity contribution in [3.8, 4) is 0 Å². The third kappa shape index (κ3) is 4.71. The molecule has 0 bridgehead atoms. The summed E-state index contributed by atoms with van der Waals surface area (Å²) in [6, 6.07) is 4.06. The summed E-state index contributed by atoms with van der Waals surface area (Å²) in [6.07, 6.45) is 1.84. The number of pyridine rings is 1. The summed E-state index contributed by atoms with van der Waals surface area (Å²) in [5, 5.41) is 0. The molecule has 2 N–H and O–H groups in total. The standard InChI is InChI=1S/C13H23N3O/c1-11(2)10-16(6-7-17-3)13-5-4-12(8-14)9-15-13/h4-5,9,11H,6-8,10,14H2,1-3H3. The Bertz CT molecular complexity index is 311. The van der Waals surface area contributed by atoms with Gasteiger partial charge in [0.25, 0.3) is 0 Å². The van der Waals surface area contributed by atoms with Crippen LogP contribution in [-0.2, 0) is 11.3 Å². The first-order valence-electron chi connectivity index (χ1n) is 6.06. The molecule has 0 saturated heterocycles. The Hall–Kier alpha value is -1.13. The van der Waals surface area contributed by atoms with Crippen LogP contribution in [0.1, 0.15) is 19.4 Å². The fourth-order valence-electron chi connectivity index (χ4n) is 1.67. The van der Waals surface area contributed by atoms with Gasteiger partial charge in [-0.3, -0.25) is 0 Å². The number of nitrogens with two attached hydrogens (primary N) is 1. The molecular formula is C13H23N3O. The van der Waals surface area contributed by atoms with Gasteiger partial charge in [-0.25, -0.2) is 4.98 Å². The van der Waals surface area contributed by atoms with Crippen LogP contribution >= 0.6 is 0 Å². The first-order chi connectivity index (χ1) is 8.17. The second-order valence-electron chi connectivity index (χ2n) is 4.56. The second-order valence-corrected chi connectivity index (χ2v) is 4.56. The molecule has 0 radical (unpaired) electrons. The van der Waals surface area contributed by atoms with E-state index in [9.17, 15) is 0 Å². The lowest BCUT2D eigenvalue weighted by Gasteiger charge is -2.25. The van der Waals surface area contributed by atoms with Crippen LogP contribution in [0.2, 0.25) is 0 Å². The van der Waals surface area contributed by atoms with Gasteiger partial charge in [-0.15, -0.1) is 0 Å². The van der Waals surface area contributed by atoms with Gasteiger partial charge in [0, 0.05) is 32.9 Å². The van der Waals surface area contributed by atoms with E-state index in [1.807, 2.05) is 18.3 Å². The molecule has 4 heteroatoms. The molecule has 0 fully saturated rings. The molecule has 4 nitrogen and oxygen atoms in total. The fourth-order valence-corrected chi connectivity index (χ4v) is 1.67. The van der Waals surface area contributed by atoms with Gasteiger partial charge in [0.05, 0.1) is 6.61 Å². The van der Waals surface area contributed by atoms with Gasteiger partial charge in [0.1, 0.15) is 5.82 Å². The van der Waals surface area contributed by atoms with Gasteiger partial charge in [-0.2, -0.15) is 0 Å². The van der Waals surface area contributed by atoms with Crippen LogP contribution in [0.3, 0.4) is 0 Å². The fraction of sp³-hybridized carbons (Fsp3) is 0.615. The van der Waals surface area contributed by atoms with Gasteiger partial charge in [-0.05, 0) is 17.5 Å². The monoisotopic (exact) mass is 237 g/mol. The Morgan fingerprint density at radius 2 is 2.18 bits per heavy atom. The highest BCUT2D eigenvalue weighted by Crippen LogP contribution is 2.13. The van der Waals surface area contributed by atoms with Gasteiger partial charge in [0.15, 0.2) is 0 Å². The van der Waals surface area contributed by atoms with Crippen molar-refractivity contribution in [1.29, 1.82) is 0 Å². The van der Waals surface area contributed by atoms with Crippen molar-refractivity contribution in [2.24, 2.45) is 11.7 Å². The third-order valence-electron chi connectivity index (χ3n) is 2.52. The largest absolute Gasteiger partial charge is 0.383 e. The van der Waals surface area contributed by atoms with Crippen molar-refractivity contribution in [1.82, 2.24) is 4.98 Å². The van der Waals surface area contributed by atoms with Crippen LogP contribution in [0.15, 0.2) is 18.3 Å². The molecule has 1 rings (SSSR count). The van der Waals surface area contributed by atoms with Crippen molar-refractivity contribution in [2.75, 3.05) is 31.7 Å². The minimum atomic E-state index is 0.537. The Balaban J connectivity index is 2.72. The number of rotatable bonds is 7. The van der Waals surface area contributed by atoms with Crippen molar-refractivity contribution < 1.29 is 4.74 Å². The number of hydrogen-bond donors (Lipinski definition) is 1. The van der Waals surface area contributed by atoms with Crippen molar-refractivity contribution >= 4 is 5.82 Å². The molecule has 0 aliphatic carbocycles. The third-order valence-corrected chi connectivity index (χ3v) is 2.52. The molecule has 0 aliphatic rings. The first kappa shape index (κ1) is 13.9. The topological polar surface area (TPSA) is 51.4 Å². The van der Waals surface area contributed by atoms with Crippen LogP contribution in [-0.4, -0.2) is 31.8 Å². The molecule has 0 amide bonds. The summed E-state index contributed by atoms with van der Waals surface area (Å²) in [5.74, 6) is 1.59. The van der Waals surface area contributed by atoms with E-state index >= 15 is 0 Å². The normalized spacial score (nSPS) is 10.9. The Morgan fingerprint density at radius 3 is 2.65 bits per heavy atom. The zero-order valence-electron chi connectivity index (χ0n) is 11.0. The number of aromatic nitrogens is 1. The smallest absolute Gasteiger partial charge is 0.128 e. The first-order valence-corrected chi connectivity index (χ1v) is 6.06. The molecule has 0 aromatic carbocycles. The van der Waals surface area contributed by atoms with Gasteiger partial charge >= 0.3 is 0 Å². The number of ether oxygens (including phenoxy) is 1. The predicted octanol–water partition coefficient (Wildman–Crippen LogP) is 1.65. The second kappa shape index (κ2) is 7.25. The molecule has 0 spiro atoms. The SMILES string of the molecule is COCCN(CC(C)C)c1ccc(CN)cn1. The Labute approximate surface area is 104 Å². The molecule has 1 heterocycles. The van der Waals surface area contributed by atoms with Crippen LogP contribution in [0, 0.1) is 5.92 Å². The van der Waals surface area contributed by atoms with Crippen LogP contribution in [0.4, 0.5) is 5.82 Å². The predicted molar refractivity (Wildman–Crippen MR) is 71.1 cm³/mol. The highest BCUT2D eigenvalue weighted by molar-refractivity contribution is 5.39. The molecule has 0 aliphatic heterocycles. The van der Waals surface area contributed by atoms with E-state index in [-0.39, 0.29) is 0 Å². The lowest BCUT2D eigenvalue weighted by molar-refractivity contribution is 0.204. The zero-order chi connectivity index (χ0) is 12.7. The van der Waals surface area contributed by atoms with Gasteiger partial charge in [0.2, 0.25) is 0 Å². The zero-order valence-corrected chi connectivity index (χ0v) is 11.0. The summed E-state index contributed by atoms with van der Waals surface area (Å²) in [7, 11) is 1.72. The van der Waals surface area contributed by atoms with Crippen molar-refractivity contribution in [3.63, 3.8) is 0 Å². The maximum atomic E-state index is 5.56. The van der Waals surface area contributed by atoms with E-state index < -0.39 is 0 Å². The average Bonchev–Trinajstić information content (AvgIpc) is 2.34. The summed E-state index contributed by atoms with van der Waals surface area (Å²) in [4.78, 5) is 6.69. The summed E-state index contributed by atoms with van der Waals surface area (Å²) >= 11 is 0. The molecule has 0 atom stereocenters. The molecule has 96 valence electrons. The summed E-state index contributed by atoms with van der Waals surface area (Å²) in [6.45, 7) is 7.51. The minimum Gasteiger partial charge on any atom is -0.383 e. The lowest BCUT2D eigenvalue weighted by Crippen LogP contribution is -2.31. The molecule has 17 heavy (non-hydrogen) atoms. The molecule has 1 aromatic heterocycles. The number of hydrogen-bond acceptors (Lipinski definition) is 4. The number of nitrogens with zero attached hydrogens (tertiary/aromatic N) is 2. The number of anilines is 1. The van der Waals surface area contributed by atoms with Crippen molar-refractivity contribution in [3.05, 3.63) is 23.9 Å². The minimum absolute atomic E-state index is 0.537. The van der Waals surface area contributed by atoms with Crippen molar-refractivity contribution in [2.45, 2.75) is 20.4 Å². The highest BCUT2D eigenvalue weighted by atomic mass is 16.5. The Morgan fingerprint density at radius 1 is 1.41 bits per heavy atom. The Kier molecular flexibility index (Phi) is 5.94. The molecule has 0 unspecified atom stereocenters. The average molecular weight is 237 g/mol. The quantitative estimate of drug-likeness (QED) is 0.783. The van der Waals surface area contributed by atoms with E-state index in [0.29, 0.717) is 19.1 Å². The van der Waals surface area contributed by atoms with Gasteiger partial charge < -0.3 is 15.4 Å². The van der Waals surface area contributed by atoms with E-state index in [1.165, 1.54) is 0 Å². The van der Waals surface area contributed by atoms with E-state index in [4.69, 9.17) is 10.5 Å². The van der Waals surface area contributed by atoms with Gasteiger partial charge in [-0.1, -0.05) is 19.9 Å². The molecular weight excluding hydrogens is 214 g/mol. The maximum Gasteiger partial charge on any atom is 0.128 e. The van der Waals surface area contributed by atoms with E-state index in [0.717, 1.165) is 24.5 Å². The van der Waals surface area contributed by atoms with Crippen LogP contribution in [0.25, 0.3) is 0 Å². The summed E-state index contributed by atoms with van der Waals surface area (Å²) in [5.41, 5.74) is 6.62. The lowest BCUT2D eigenvalue weighted by atomic mass is 10.2. The highest BCUT2D eigenvalue weighted by Gasteiger charge is 2.09. The summed E-state index contributed by atoms with van der Waals surface area (Å²) < 4.78 is 5.13. The molecule has 1 aromatic rings. The number of methoxy groups -OCH3 is 1. The van der Waals surface area contributed by atoms with Crippen LogP contribution < -0.4 is 10.6 Å². The van der Waals surface area contributed by atoms with Crippen LogP contribution in [0.5, 0.6) is 0 Å².